The molecule has 4 nitrogen and oxygen atoms in total. The number of carbonyl (C=O) groups is 1. The Morgan fingerprint density at radius 2 is 1.94 bits per heavy atom. The van der Waals surface area contributed by atoms with Gasteiger partial charge in [0.05, 0.1) is 11.3 Å². The monoisotopic (exact) mass is 229 g/mol. The molecule has 0 bridgehead atoms. The summed E-state index contributed by atoms with van der Waals surface area (Å²) in [5, 5.41) is 4.27. The van der Waals surface area contributed by atoms with Crippen molar-refractivity contribution in [2.24, 2.45) is 7.05 Å². The van der Waals surface area contributed by atoms with Crippen molar-refractivity contribution in [2.75, 3.05) is 11.9 Å². The maximum atomic E-state index is 11.1. The summed E-state index contributed by atoms with van der Waals surface area (Å²) < 4.78 is 1.73. The quantitative estimate of drug-likeness (QED) is 0.758. The highest BCUT2D eigenvalue weighted by atomic mass is 16.1. The van der Waals surface area contributed by atoms with Gasteiger partial charge in [0.15, 0.2) is 6.29 Å². The minimum absolute atomic E-state index is 0.638. The molecule has 2 rings (SSSR count). The Labute approximate surface area is 100 Å². The number of hydrogen-bond acceptors (Lipinski definition) is 3. The summed E-state index contributed by atoms with van der Waals surface area (Å²) in [6.07, 6.45) is 0.858. The number of para-hydroxylation sites is 1. The molecule has 0 saturated heterocycles. The second kappa shape index (κ2) is 4.41. The lowest BCUT2D eigenvalue weighted by atomic mass is 10.2. The fourth-order valence-corrected chi connectivity index (χ4v) is 1.97. The normalized spacial score (nSPS) is 10.3. The fraction of sp³-hybridized carbons (Fsp3) is 0.231. The Morgan fingerprint density at radius 1 is 1.29 bits per heavy atom. The van der Waals surface area contributed by atoms with Crippen LogP contribution in [0.3, 0.4) is 0 Å². The highest BCUT2D eigenvalue weighted by molar-refractivity contribution is 5.86. The van der Waals surface area contributed by atoms with E-state index in [9.17, 15) is 4.79 Å². The zero-order valence-electron chi connectivity index (χ0n) is 10.2. The van der Waals surface area contributed by atoms with Gasteiger partial charge in [-0.05, 0) is 19.1 Å². The Balaban J connectivity index is 2.51. The van der Waals surface area contributed by atoms with Crippen LogP contribution in [0.5, 0.6) is 0 Å². The SMILES string of the molecule is Cc1nn(C)c(N(C)c2ccccc2)c1C=O. The van der Waals surface area contributed by atoms with Crippen LogP contribution in [0.2, 0.25) is 0 Å². The van der Waals surface area contributed by atoms with Crippen molar-refractivity contribution < 1.29 is 4.79 Å². The lowest BCUT2D eigenvalue weighted by molar-refractivity contribution is 0.112. The first-order valence-corrected chi connectivity index (χ1v) is 5.42. The summed E-state index contributed by atoms with van der Waals surface area (Å²) in [6.45, 7) is 1.84. The minimum Gasteiger partial charge on any atom is -0.329 e. The third-order valence-corrected chi connectivity index (χ3v) is 2.82. The van der Waals surface area contributed by atoms with Crippen molar-refractivity contribution >= 4 is 17.8 Å². The summed E-state index contributed by atoms with van der Waals surface area (Å²) in [7, 11) is 3.77. The number of rotatable bonds is 3. The highest BCUT2D eigenvalue weighted by Gasteiger charge is 2.17. The lowest BCUT2D eigenvalue weighted by Crippen LogP contribution is -2.15. The van der Waals surface area contributed by atoms with Crippen molar-refractivity contribution in [3.8, 4) is 0 Å². The molecule has 88 valence electrons. The van der Waals surface area contributed by atoms with Crippen LogP contribution >= 0.6 is 0 Å². The van der Waals surface area contributed by atoms with E-state index in [4.69, 9.17) is 0 Å². The molecule has 0 radical (unpaired) electrons. The predicted molar refractivity (Wildman–Crippen MR) is 67.8 cm³/mol. The Bertz CT molecular complexity index is 531. The molecule has 17 heavy (non-hydrogen) atoms. The van der Waals surface area contributed by atoms with Gasteiger partial charge < -0.3 is 4.90 Å². The van der Waals surface area contributed by atoms with Crippen LogP contribution in [0.25, 0.3) is 0 Å². The van der Waals surface area contributed by atoms with Gasteiger partial charge in [-0.25, -0.2) is 0 Å². The minimum atomic E-state index is 0.638. The average Bonchev–Trinajstić information content (AvgIpc) is 2.63. The van der Waals surface area contributed by atoms with E-state index < -0.39 is 0 Å². The maximum absolute atomic E-state index is 11.1. The third-order valence-electron chi connectivity index (χ3n) is 2.82. The predicted octanol–water partition coefficient (Wildman–Crippen LogP) is 2.31. The molecule has 1 aromatic carbocycles. The first-order chi connectivity index (χ1) is 8.15. The number of aldehydes is 1. The molecular weight excluding hydrogens is 214 g/mol. The second-order valence-electron chi connectivity index (χ2n) is 3.96. The topological polar surface area (TPSA) is 38.1 Å². The standard InChI is InChI=1S/C13H15N3O/c1-10-12(9-17)13(16(3)14-10)15(2)11-7-5-4-6-8-11/h4-9H,1-3H3. The van der Waals surface area contributed by atoms with E-state index in [1.54, 1.807) is 4.68 Å². The van der Waals surface area contributed by atoms with Crippen molar-refractivity contribution in [1.29, 1.82) is 0 Å². The highest BCUT2D eigenvalue weighted by Crippen LogP contribution is 2.26. The summed E-state index contributed by atoms with van der Waals surface area (Å²) in [5.74, 6) is 0.809. The van der Waals surface area contributed by atoms with Crippen molar-refractivity contribution in [1.82, 2.24) is 9.78 Å². The maximum Gasteiger partial charge on any atom is 0.155 e. The van der Waals surface area contributed by atoms with Crippen LogP contribution < -0.4 is 4.90 Å². The van der Waals surface area contributed by atoms with Gasteiger partial charge in [0, 0.05) is 19.8 Å². The summed E-state index contributed by atoms with van der Waals surface area (Å²) >= 11 is 0. The molecule has 0 atom stereocenters. The van der Waals surface area contributed by atoms with Gasteiger partial charge in [0.25, 0.3) is 0 Å². The van der Waals surface area contributed by atoms with Crippen LogP contribution in [0.4, 0.5) is 11.5 Å². The van der Waals surface area contributed by atoms with Gasteiger partial charge >= 0.3 is 0 Å². The summed E-state index contributed by atoms with van der Waals surface area (Å²) in [4.78, 5) is 13.1. The molecule has 0 aliphatic carbocycles. The first kappa shape index (κ1) is 11.4. The largest absolute Gasteiger partial charge is 0.329 e. The molecule has 0 spiro atoms. The van der Waals surface area contributed by atoms with Crippen molar-refractivity contribution in [3.05, 3.63) is 41.6 Å². The molecule has 0 fully saturated rings. The van der Waals surface area contributed by atoms with Crippen LogP contribution in [0, 0.1) is 6.92 Å². The van der Waals surface area contributed by atoms with Gasteiger partial charge in [0.1, 0.15) is 5.82 Å². The summed E-state index contributed by atoms with van der Waals surface area (Å²) in [6, 6.07) is 9.89. The lowest BCUT2D eigenvalue weighted by Gasteiger charge is -2.19. The van der Waals surface area contributed by atoms with Gasteiger partial charge in [-0.3, -0.25) is 9.48 Å². The Kier molecular flexibility index (Phi) is 2.95. The average molecular weight is 229 g/mol. The van der Waals surface area contributed by atoms with Gasteiger partial charge in [-0.15, -0.1) is 0 Å². The molecule has 1 heterocycles. The molecule has 0 unspecified atom stereocenters. The molecule has 1 aromatic heterocycles. The molecule has 0 saturated carbocycles. The number of nitrogens with zero attached hydrogens (tertiary/aromatic N) is 3. The summed E-state index contributed by atoms with van der Waals surface area (Å²) in [5.41, 5.74) is 2.41. The van der Waals surface area contributed by atoms with Gasteiger partial charge in [-0.2, -0.15) is 5.10 Å². The zero-order valence-corrected chi connectivity index (χ0v) is 10.2. The number of aryl methyl sites for hydroxylation is 2. The fourth-order valence-electron chi connectivity index (χ4n) is 1.97. The van der Waals surface area contributed by atoms with Crippen LogP contribution in [-0.4, -0.2) is 23.1 Å². The van der Waals surface area contributed by atoms with E-state index in [-0.39, 0.29) is 0 Å². The number of anilines is 2. The molecule has 0 N–H and O–H groups in total. The van der Waals surface area contributed by atoms with Crippen LogP contribution in [0.1, 0.15) is 16.1 Å². The van der Waals surface area contributed by atoms with E-state index >= 15 is 0 Å². The first-order valence-electron chi connectivity index (χ1n) is 5.42. The molecule has 0 aliphatic rings. The van der Waals surface area contributed by atoms with Gasteiger partial charge in [-0.1, -0.05) is 18.2 Å². The van der Waals surface area contributed by atoms with Crippen molar-refractivity contribution in [3.63, 3.8) is 0 Å². The number of carbonyl (C=O) groups excluding carboxylic acids is 1. The third kappa shape index (κ3) is 1.93. The molecule has 0 aliphatic heterocycles. The number of hydrogen-bond donors (Lipinski definition) is 0. The molecule has 2 aromatic rings. The number of benzene rings is 1. The van der Waals surface area contributed by atoms with E-state index in [0.29, 0.717) is 5.56 Å². The smallest absolute Gasteiger partial charge is 0.155 e. The van der Waals surface area contributed by atoms with E-state index in [2.05, 4.69) is 5.10 Å². The second-order valence-corrected chi connectivity index (χ2v) is 3.96. The van der Waals surface area contributed by atoms with E-state index in [1.807, 2.05) is 56.3 Å². The van der Waals surface area contributed by atoms with Crippen LogP contribution in [0.15, 0.2) is 30.3 Å². The zero-order chi connectivity index (χ0) is 12.4. The Morgan fingerprint density at radius 3 is 2.53 bits per heavy atom. The number of aromatic nitrogens is 2. The van der Waals surface area contributed by atoms with E-state index in [0.717, 1.165) is 23.5 Å². The van der Waals surface area contributed by atoms with Crippen molar-refractivity contribution in [2.45, 2.75) is 6.92 Å². The van der Waals surface area contributed by atoms with E-state index in [1.165, 1.54) is 0 Å². The molecular formula is C13H15N3O. The van der Waals surface area contributed by atoms with Gasteiger partial charge in [0.2, 0.25) is 0 Å². The molecule has 0 amide bonds. The Hall–Kier alpha value is -2.10. The molecule has 4 heteroatoms. The van der Waals surface area contributed by atoms with Crippen LogP contribution in [-0.2, 0) is 7.05 Å².